The zero-order valence-corrected chi connectivity index (χ0v) is 11.6. The smallest absolute Gasteiger partial charge is 0.428 e. The van der Waals surface area contributed by atoms with Gasteiger partial charge in [0.05, 0.1) is 0 Å². The molecule has 19 heavy (non-hydrogen) atoms. The van der Waals surface area contributed by atoms with Crippen molar-refractivity contribution in [2.75, 3.05) is 5.43 Å². The van der Waals surface area contributed by atoms with Gasteiger partial charge < -0.3 is 4.74 Å². The van der Waals surface area contributed by atoms with Gasteiger partial charge in [-0.15, -0.1) is 9.89 Å². The topological polar surface area (TPSA) is 69.0 Å². The van der Waals surface area contributed by atoms with Crippen molar-refractivity contribution in [3.05, 3.63) is 23.8 Å². The van der Waals surface area contributed by atoms with Crippen molar-refractivity contribution in [3.8, 4) is 0 Å². The van der Waals surface area contributed by atoms with Crippen molar-refractivity contribution in [3.63, 3.8) is 0 Å². The number of nitrogens with one attached hydrogen (secondary N) is 1. The summed E-state index contributed by atoms with van der Waals surface area (Å²) in [6.07, 6.45) is 0.283. The highest BCUT2D eigenvalue weighted by atomic mass is 16.6. The largest absolute Gasteiger partial charge is 0.443 e. The molecular weight excluding hydrogens is 244 g/mol. The van der Waals surface area contributed by atoms with Crippen LogP contribution in [-0.4, -0.2) is 26.8 Å². The number of carbonyl (C=O) groups is 1. The van der Waals surface area contributed by atoms with Crippen LogP contribution in [0.2, 0.25) is 0 Å². The molecule has 2 rings (SSSR count). The van der Waals surface area contributed by atoms with Crippen LogP contribution in [0.5, 0.6) is 0 Å². The number of aromatic nitrogens is 3. The van der Waals surface area contributed by atoms with E-state index >= 15 is 0 Å². The fourth-order valence-corrected chi connectivity index (χ4v) is 1.79. The van der Waals surface area contributed by atoms with E-state index in [0.717, 1.165) is 23.0 Å². The first kappa shape index (κ1) is 13.3. The third kappa shape index (κ3) is 3.01. The fourth-order valence-electron chi connectivity index (χ4n) is 1.79. The fraction of sp³-hybridized carbons (Fsp3) is 0.462. The standard InChI is InChI=1S/C13H18N4O2/c1-5-9-7-6-8-10-11(9)17(16-14-10)15-12(18)19-13(2,3)4/h6-8H,5H2,1-4H3,(H,15,18). The first-order valence-corrected chi connectivity index (χ1v) is 6.24. The average Bonchev–Trinajstić information content (AvgIpc) is 2.70. The summed E-state index contributed by atoms with van der Waals surface area (Å²) in [6.45, 7) is 7.47. The van der Waals surface area contributed by atoms with E-state index in [1.54, 1.807) is 0 Å². The monoisotopic (exact) mass is 262 g/mol. The minimum absolute atomic E-state index is 0.548. The molecule has 0 radical (unpaired) electrons. The number of hydrogen-bond acceptors (Lipinski definition) is 4. The SMILES string of the molecule is CCc1cccc2nnn(NC(=O)OC(C)(C)C)c12. The normalized spacial score (nSPS) is 11.6. The Labute approximate surface area is 111 Å². The lowest BCUT2D eigenvalue weighted by atomic mass is 10.1. The van der Waals surface area contributed by atoms with Crippen molar-refractivity contribution >= 4 is 17.1 Å². The van der Waals surface area contributed by atoms with Crippen LogP contribution < -0.4 is 5.43 Å². The number of carbonyl (C=O) groups excluding carboxylic acids is 1. The Bertz CT molecular complexity index is 598. The molecule has 0 atom stereocenters. The zero-order valence-electron chi connectivity index (χ0n) is 11.6. The van der Waals surface area contributed by atoms with Gasteiger partial charge in [-0.1, -0.05) is 19.1 Å². The minimum atomic E-state index is -0.551. The number of rotatable bonds is 2. The highest BCUT2D eigenvalue weighted by Gasteiger charge is 2.18. The summed E-state index contributed by atoms with van der Waals surface area (Å²) in [6, 6.07) is 5.77. The third-order valence-corrected chi connectivity index (χ3v) is 2.53. The van der Waals surface area contributed by atoms with Gasteiger partial charge >= 0.3 is 6.09 Å². The first-order valence-electron chi connectivity index (χ1n) is 6.24. The molecule has 0 fully saturated rings. The molecule has 0 saturated carbocycles. The van der Waals surface area contributed by atoms with Crippen LogP contribution in [0, 0.1) is 0 Å². The maximum absolute atomic E-state index is 11.7. The van der Waals surface area contributed by atoms with E-state index in [0.29, 0.717) is 0 Å². The predicted octanol–water partition coefficient (Wildman–Crippen LogP) is 2.47. The van der Waals surface area contributed by atoms with E-state index in [9.17, 15) is 4.79 Å². The van der Waals surface area contributed by atoms with E-state index in [-0.39, 0.29) is 0 Å². The van der Waals surface area contributed by atoms with Crippen LogP contribution in [0.4, 0.5) is 4.79 Å². The number of para-hydroxylation sites is 1. The summed E-state index contributed by atoms with van der Waals surface area (Å²) in [4.78, 5) is 13.1. The Morgan fingerprint density at radius 3 is 2.79 bits per heavy atom. The summed E-state index contributed by atoms with van der Waals surface area (Å²) >= 11 is 0. The van der Waals surface area contributed by atoms with Crippen LogP contribution in [0.15, 0.2) is 18.2 Å². The molecule has 0 saturated heterocycles. The van der Waals surface area contributed by atoms with Gasteiger partial charge in [0, 0.05) is 0 Å². The van der Waals surface area contributed by atoms with Crippen LogP contribution in [0.1, 0.15) is 33.3 Å². The average molecular weight is 262 g/mol. The van der Waals surface area contributed by atoms with Crippen LogP contribution >= 0.6 is 0 Å². The van der Waals surface area contributed by atoms with Crippen molar-refractivity contribution < 1.29 is 9.53 Å². The molecule has 1 aromatic carbocycles. The lowest BCUT2D eigenvalue weighted by Gasteiger charge is -2.19. The Morgan fingerprint density at radius 2 is 2.16 bits per heavy atom. The van der Waals surface area contributed by atoms with Gasteiger partial charge in [-0.25, -0.2) is 10.2 Å². The number of hydrogen-bond donors (Lipinski definition) is 1. The first-order chi connectivity index (χ1) is 8.90. The summed E-state index contributed by atoms with van der Waals surface area (Å²) in [5.41, 5.74) is 4.65. The second-order valence-corrected chi connectivity index (χ2v) is 5.25. The number of nitrogens with zero attached hydrogens (tertiary/aromatic N) is 3. The van der Waals surface area contributed by atoms with Crippen LogP contribution in [-0.2, 0) is 11.2 Å². The van der Waals surface area contributed by atoms with E-state index in [2.05, 4.69) is 15.7 Å². The van der Waals surface area contributed by atoms with Gasteiger partial charge in [0.1, 0.15) is 16.6 Å². The predicted molar refractivity (Wildman–Crippen MR) is 72.5 cm³/mol. The van der Waals surface area contributed by atoms with Crippen molar-refractivity contribution in [1.29, 1.82) is 0 Å². The number of aryl methyl sites for hydroxylation is 1. The molecular formula is C13H18N4O2. The molecule has 0 aliphatic carbocycles. The molecule has 1 N–H and O–H groups in total. The molecule has 0 bridgehead atoms. The third-order valence-electron chi connectivity index (χ3n) is 2.53. The Hall–Kier alpha value is -2.11. The number of benzene rings is 1. The molecule has 1 heterocycles. The summed E-state index contributed by atoms with van der Waals surface area (Å²) in [7, 11) is 0. The Morgan fingerprint density at radius 1 is 1.42 bits per heavy atom. The van der Waals surface area contributed by atoms with Crippen molar-refractivity contribution in [1.82, 2.24) is 15.1 Å². The van der Waals surface area contributed by atoms with Gasteiger partial charge in [0.2, 0.25) is 0 Å². The van der Waals surface area contributed by atoms with Gasteiger partial charge in [-0.05, 0) is 44.0 Å². The molecule has 2 aromatic rings. The molecule has 6 heteroatoms. The molecule has 0 aliphatic rings. The molecule has 6 nitrogen and oxygen atoms in total. The number of ether oxygens (including phenoxy) is 1. The number of fused-ring (bicyclic) bond motifs is 1. The van der Waals surface area contributed by atoms with Crippen LogP contribution in [0.25, 0.3) is 11.0 Å². The summed E-state index contributed by atoms with van der Waals surface area (Å²) in [5, 5.41) is 7.95. The van der Waals surface area contributed by atoms with Gasteiger partial charge in [-0.2, -0.15) is 0 Å². The zero-order chi connectivity index (χ0) is 14.0. The molecule has 1 aromatic heterocycles. The van der Waals surface area contributed by atoms with E-state index in [1.165, 1.54) is 4.79 Å². The van der Waals surface area contributed by atoms with E-state index in [1.807, 2.05) is 45.9 Å². The molecule has 0 aliphatic heterocycles. The number of amides is 1. The van der Waals surface area contributed by atoms with Gasteiger partial charge in [0.25, 0.3) is 0 Å². The maximum atomic E-state index is 11.7. The second kappa shape index (κ2) is 4.87. The quantitative estimate of drug-likeness (QED) is 0.902. The molecule has 0 unspecified atom stereocenters. The van der Waals surface area contributed by atoms with Crippen LogP contribution in [0.3, 0.4) is 0 Å². The van der Waals surface area contributed by atoms with Crippen molar-refractivity contribution in [2.24, 2.45) is 0 Å². The van der Waals surface area contributed by atoms with Crippen molar-refractivity contribution in [2.45, 2.75) is 39.7 Å². The Kier molecular flexibility index (Phi) is 3.42. The van der Waals surface area contributed by atoms with E-state index in [4.69, 9.17) is 4.74 Å². The van der Waals surface area contributed by atoms with Gasteiger partial charge in [-0.3, -0.25) is 0 Å². The maximum Gasteiger partial charge on any atom is 0.428 e. The second-order valence-electron chi connectivity index (χ2n) is 5.25. The summed E-state index contributed by atoms with van der Waals surface area (Å²) < 4.78 is 5.19. The molecule has 102 valence electrons. The molecule has 0 spiro atoms. The lowest BCUT2D eigenvalue weighted by molar-refractivity contribution is 0.0610. The highest BCUT2D eigenvalue weighted by Crippen LogP contribution is 2.16. The Balaban J connectivity index is 2.29. The minimum Gasteiger partial charge on any atom is -0.443 e. The van der Waals surface area contributed by atoms with Gasteiger partial charge in [0.15, 0.2) is 0 Å². The molecule has 1 amide bonds. The lowest BCUT2D eigenvalue weighted by Crippen LogP contribution is -2.32. The highest BCUT2D eigenvalue weighted by molar-refractivity contribution is 5.82. The van der Waals surface area contributed by atoms with E-state index < -0.39 is 11.7 Å². The summed E-state index contributed by atoms with van der Waals surface area (Å²) in [5.74, 6) is 0.